The molecule has 0 amide bonds. The van der Waals surface area contributed by atoms with Gasteiger partial charge >= 0.3 is 0 Å². The van der Waals surface area contributed by atoms with Crippen LogP contribution >= 0.6 is 15.9 Å². The van der Waals surface area contributed by atoms with Crippen molar-refractivity contribution in [3.63, 3.8) is 0 Å². The molecule has 5 heteroatoms. The zero-order valence-corrected chi connectivity index (χ0v) is 12.9. The van der Waals surface area contributed by atoms with Crippen LogP contribution in [-0.2, 0) is 0 Å². The van der Waals surface area contributed by atoms with Gasteiger partial charge in [-0.25, -0.2) is 4.98 Å². The van der Waals surface area contributed by atoms with Crippen LogP contribution in [0.4, 0.5) is 0 Å². The number of alkyl halides is 1. The number of nitrogens with zero attached hydrogens (tertiary/aromatic N) is 2. The first kappa shape index (κ1) is 13.6. The molecule has 2 heterocycles. The minimum absolute atomic E-state index is 0.542. The summed E-state index contributed by atoms with van der Waals surface area (Å²) >= 11 is 3.84. The Kier molecular flexibility index (Phi) is 4.56. The smallest absolute Gasteiger partial charge is 0.110 e. The van der Waals surface area contributed by atoms with E-state index in [0.29, 0.717) is 16.8 Å². The van der Waals surface area contributed by atoms with E-state index in [2.05, 4.69) is 36.1 Å². The second kappa shape index (κ2) is 6.37. The van der Waals surface area contributed by atoms with Crippen molar-refractivity contribution in [1.82, 2.24) is 20.2 Å². The Morgan fingerprint density at radius 2 is 2.11 bits per heavy atom. The molecular weight excluding hydrogens is 304 g/mol. The van der Waals surface area contributed by atoms with Crippen LogP contribution in [0.15, 0.2) is 12.4 Å². The largest absolute Gasteiger partial charge is 0.348 e. The first-order valence-electron chi connectivity index (χ1n) is 7.42. The van der Waals surface area contributed by atoms with E-state index in [0.717, 1.165) is 13.1 Å². The lowest BCUT2D eigenvalue weighted by Crippen LogP contribution is -2.50. The van der Waals surface area contributed by atoms with Gasteiger partial charge in [-0.2, -0.15) is 0 Å². The number of H-pyrrole nitrogens is 1. The van der Waals surface area contributed by atoms with E-state index in [9.17, 15) is 0 Å². The van der Waals surface area contributed by atoms with E-state index in [4.69, 9.17) is 0 Å². The summed E-state index contributed by atoms with van der Waals surface area (Å²) in [6.45, 7) is 4.60. The highest BCUT2D eigenvalue weighted by molar-refractivity contribution is 9.09. The molecule has 1 aromatic rings. The molecule has 1 aliphatic carbocycles. The first-order chi connectivity index (χ1) is 9.34. The van der Waals surface area contributed by atoms with Gasteiger partial charge in [-0.3, -0.25) is 4.90 Å². The third-order valence-corrected chi connectivity index (χ3v) is 5.31. The molecule has 3 rings (SSSR count). The summed E-state index contributed by atoms with van der Waals surface area (Å²) in [5, 5.41) is 3.45. The standard InChI is InChI=1S/C14H23BrN4/c15-11-2-1-3-13(19-8-6-16-7-9-19)12(10-11)14-17-4-5-18-14/h4-5,11-13,16H,1-3,6-10H2,(H,17,18). The van der Waals surface area contributed by atoms with E-state index in [1.165, 1.54) is 44.6 Å². The molecule has 1 aromatic heterocycles. The monoisotopic (exact) mass is 326 g/mol. The summed E-state index contributed by atoms with van der Waals surface area (Å²) in [6.07, 6.45) is 8.95. The third kappa shape index (κ3) is 3.20. The molecule has 0 aromatic carbocycles. The highest BCUT2D eigenvalue weighted by Crippen LogP contribution is 2.36. The van der Waals surface area contributed by atoms with E-state index in [-0.39, 0.29) is 0 Å². The average Bonchev–Trinajstić information content (AvgIpc) is 2.90. The zero-order valence-electron chi connectivity index (χ0n) is 11.3. The lowest BCUT2D eigenvalue weighted by molar-refractivity contribution is 0.141. The summed E-state index contributed by atoms with van der Waals surface area (Å²) in [7, 11) is 0. The molecule has 0 radical (unpaired) electrons. The van der Waals surface area contributed by atoms with E-state index in [1.54, 1.807) is 0 Å². The van der Waals surface area contributed by atoms with Crippen LogP contribution in [0.2, 0.25) is 0 Å². The Labute approximate surface area is 123 Å². The second-order valence-electron chi connectivity index (χ2n) is 5.70. The van der Waals surface area contributed by atoms with Gasteiger partial charge in [-0.05, 0) is 19.3 Å². The minimum atomic E-state index is 0.542. The zero-order chi connectivity index (χ0) is 13.1. The topological polar surface area (TPSA) is 44.0 Å². The van der Waals surface area contributed by atoms with Gasteiger partial charge in [0, 0.05) is 55.4 Å². The number of aromatic amines is 1. The quantitative estimate of drug-likeness (QED) is 0.646. The summed E-state index contributed by atoms with van der Waals surface area (Å²) < 4.78 is 0. The number of imidazole rings is 1. The molecule has 2 aliphatic rings. The second-order valence-corrected chi connectivity index (χ2v) is 6.99. The Balaban J connectivity index is 1.80. The molecule has 106 valence electrons. The molecule has 4 nitrogen and oxygen atoms in total. The fourth-order valence-corrected chi connectivity index (χ4v) is 4.25. The molecule has 0 bridgehead atoms. The molecular formula is C14H23BrN4. The third-order valence-electron chi connectivity index (χ3n) is 4.48. The molecule has 1 saturated carbocycles. The van der Waals surface area contributed by atoms with Gasteiger partial charge in [0.05, 0.1) is 0 Å². The predicted octanol–water partition coefficient (Wildman–Crippen LogP) is 2.10. The van der Waals surface area contributed by atoms with Crippen molar-refractivity contribution in [2.45, 2.75) is 42.5 Å². The van der Waals surface area contributed by atoms with Crippen molar-refractivity contribution in [3.05, 3.63) is 18.2 Å². The number of rotatable bonds is 2. The number of halogens is 1. The number of hydrogen-bond acceptors (Lipinski definition) is 3. The molecule has 2 fully saturated rings. The maximum Gasteiger partial charge on any atom is 0.110 e. The lowest BCUT2D eigenvalue weighted by Gasteiger charge is -2.38. The Morgan fingerprint density at radius 3 is 2.84 bits per heavy atom. The molecule has 0 spiro atoms. The highest BCUT2D eigenvalue weighted by atomic mass is 79.9. The van der Waals surface area contributed by atoms with E-state index >= 15 is 0 Å². The Bertz CT molecular complexity index is 375. The van der Waals surface area contributed by atoms with Gasteiger partial charge in [0.1, 0.15) is 5.82 Å². The number of aromatic nitrogens is 2. The average molecular weight is 327 g/mol. The minimum Gasteiger partial charge on any atom is -0.348 e. The van der Waals surface area contributed by atoms with Crippen LogP contribution in [0.1, 0.15) is 37.4 Å². The van der Waals surface area contributed by atoms with Crippen LogP contribution in [-0.4, -0.2) is 51.9 Å². The molecule has 19 heavy (non-hydrogen) atoms. The molecule has 2 N–H and O–H groups in total. The van der Waals surface area contributed by atoms with Crippen molar-refractivity contribution in [2.75, 3.05) is 26.2 Å². The van der Waals surface area contributed by atoms with Crippen LogP contribution in [0.25, 0.3) is 0 Å². The van der Waals surface area contributed by atoms with Crippen molar-refractivity contribution in [3.8, 4) is 0 Å². The van der Waals surface area contributed by atoms with Crippen LogP contribution in [0.3, 0.4) is 0 Å². The van der Waals surface area contributed by atoms with Gasteiger partial charge < -0.3 is 10.3 Å². The Hall–Kier alpha value is -0.390. The van der Waals surface area contributed by atoms with Gasteiger partial charge in [-0.15, -0.1) is 0 Å². The van der Waals surface area contributed by atoms with Crippen LogP contribution < -0.4 is 5.32 Å². The fraction of sp³-hybridized carbons (Fsp3) is 0.786. The predicted molar refractivity (Wildman–Crippen MR) is 80.7 cm³/mol. The summed E-state index contributed by atoms with van der Waals surface area (Å²) in [5.74, 6) is 1.72. The van der Waals surface area contributed by atoms with E-state index < -0.39 is 0 Å². The summed E-state index contributed by atoms with van der Waals surface area (Å²) in [4.78, 5) is 11.2. The number of hydrogen-bond donors (Lipinski definition) is 2. The van der Waals surface area contributed by atoms with Crippen molar-refractivity contribution in [1.29, 1.82) is 0 Å². The van der Waals surface area contributed by atoms with Crippen molar-refractivity contribution < 1.29 is 0 Å². The van der Waals surface area contributed by atoms with Crippen molar-refractivity contribution >= 4 is 15.9 Å². The lowest BCUT2D eigenvalue weighted by atomic mass is 9.92. The van der Waals surface area contributed by atoms with E-state index in [1.807, 2.05) is 12.4 Å². The molecule has 1 aliphatic heterocycles. The van der Waals surface area contributed by atoms with Crippen LogP contribution in [0, 0.1) is 0 Å². The fourth-order valence-electron chi connectivity index (χ4n) is 3.53. The normalized spacial score (nSPS) is 34.1. The SMILES string of the molecule is BrC1CCCC(N2CCNCC2)C(c2ncc[nH]2)C1. The molecule has 3 atom stereocenters. The van der Waals surface area contributed by atoms with Crippen molar-refractivity contribution in [2.24, 2.45) is 0 Å². The van der Waals surface area contributed by atoms with Gasteiger partial charge in [0.15, 0.2) is 0 Å². The number of nitrogens with one attached hydrogen (secondary N) is 2. The van der Waals surface area contributed by atoms with Gasteiger partial charge in [0.25, 0.3) is 0 Å². The maximum atomic E-state index is 4.54. The van der Waals surface area contributed by atoms with Gasteiger partial charge in [-0.1, -0.05) is 22.4 Å². The summed E-state index contributed by atoms with van der Waals surface area (Å²) in [5.41, 5.74) is 0. The highest BCUT2D eigenvalue weighted by Gasteiger charge is 2.34. The van der Waals surface area contributed by atoms with Crippen LogP contribution in [0.5, 0.6) is 0 Å². The molecule has 3 unspecified atom stereocenters. The summed E-state index contributed by atoms with van der Waals surface area (Å²) in [6, 6.07) is 0.649. The van der Waals surface area contributed by atoms with Gasteiger partial charge in [0.2, 0.25) is 0 Å². The number of piperazine rings is 1. The molecule has 1 saturated heterocycles. The first-order valence-corrected chi connectivity index (χ1v) is 8.34. The maximum absolute atomic E-state index is 4.54. The Morgan fingerprint density at radius 1 is 1.26 bits per heavy atom.